The Morgan fingerprint density at radius 3 is 2.82 bits per heavy atom. The largest absolute Gasteiger partial charge is 0.334 e. The molecule has 3 rings (SSSR count). The normalized spacial score (nSPS) is 11.1. The number of hydrogen-bond donors (Lipinski definition) is 1. The minimum absolute atomic E-state index is 0.245. The van der Waals surface area contributed by atoms with E-state index in [-0.39, 0.29) is 11.2 Å². The lowest BCUT2D eigenvalue weighted by Gasteiger charge is -2.01. The molecule has 0 saturated heterocycles. The summed E-state index contributed by atoms with van der Waals surface area (Å²) in [6, 6.07) is 3.57. The first-order valence-electron chi connectivity index (χ1n) is 4.95. The number of hydrogen-bond acceptors (Lipinski definition) is 4. The van der Waals surface area contributed by atoms with Crippen molar-refractivity contribution < 1.29 is 0 Å². The molecule has 3 aromatic heterocycles. The van der Waals surface area contributed by atoms with Gasteiger partial charge in [-0.25, -0.2) is 9.36 Å². The van der Waals surface area contributed by atoms with Crippen LogP contribution in [-0.4, -0.2) is 9.55 Å². The molecule has 0 spiro atoms. The van der Waals surface area contributed by atoms with Gasteiger partial charge in [0.25, 0.3) is 5.56 Å². The molecule has 0 atom stereocenters. The Hall–Kier alpha value is -1.66. The van der Waals surface area contributed by atoms with Crippen LogP contribution in [0.5, 0.6) is 0 Å². The molecule has 6 heteroatoms. The molecule has 0 fully saturated rings. The van der Waals surface area contributed by atoms with E-state index in [4.69, 9.17) is 0 Å². The lowest BCUT2D eigenvalue weighted by Crippen LogP contribution is -2.32. The maximum atomic E-state index is 12.3. The van der Waals surface area contributed by atoms with E-state index in [9.17, 15) is 9.59 Å². The molecule has 86 valence electrons. The van der Waals surface area contributed by atoms with Crippen molar-refractivity contribution in [3.8, 4) is 5.00 Å². The van der Waals surface area contributed by atoms with Crippen LogP contribution in [0.3, 0.4) is 0 Å². The molecule has 0 saturated carbocycles. The standard InChI is InChI=1S/C11H8N2O2S2/c1-6-5-17-9-8(6)10(14)13(11(15)12-9)7-3-2-4-16-7/h2-5H,1H3,(H,12,15). The molecule has 0 bridgehead atoms. The molecule has 0 aliphatic rings. The second kappa shape index (κ2) is 3.68. The summed E-state index contributed by atoms with van der Waals surface area (Å²) in [6.07, 6.45) is 0. The molecule has 0 aliphatic heterocycles. The zero-order chi connectivity index (χ0) is 12.0. The van der Waals surface area contributed by atoms with Crippen LogP contribution < -0.4 is 11.2 Å². The quantitative estimate of drug-likeness (QED) is 0.732. The van der Waals surface area contributed by atoms with E-state index in [0.29, 0.717) is 15.2 Å². The van der Waals surface area contributed by atoms with E-state index in [1.54, 1.807) is 6.07 Å². The van der Waals surface area contributed by atoms with Gasteiger partial charge in [-0.2, -0.15) is 0 Å². The summed E-state index contributed by atoms with van der Waals surface area (Å²) < 4.78 is 1.19. The van der Waals surface area contributed by atoms with Crippen LogP contribution in [0, 0.1) is 6.92 Å². The highest BCUT2D eigenvalue weighted by Crippen LogP contribution is 2.19. The van der Waals surface area contributed by atoms with Crippen LogP contribution in [-0.2, 0) is 0 Å². The summed E-state index contributed by atoms with van der Waals surface area (Å²) in [4.78, 5) is 27.6. The number of nitrogens with zero attached hydrogens (tertiary/aromatic N) is 1. The molecule has 0 radical (unpaired) electrons. The van der Waals surface area contributed by atoms with E-state index in [1.165, 1.54) is 27.2 Å². The predicted molar refractivity (Wildman–Crippen MR) is 70.7 cm³/mol. The highest BCUT2D eigenvalue weighted by Gasteiger charge is 2.12. The summed E-state index contributed by atoms with van der Waals surface area (Å²) >= 11 is 2.75. The number of aromatic amines is 1. The van der Waals surface area contributed by atoms with E-state index in [1.807, 2.05) is 23.8 Å². The van der Waals surface area contributed by atoms with Gasteiger partial charge in [0, 0.05) is 0 Å². The summed E-state index contributed by atoms with van der Waals surface area (Å²) in [7, 11) is 0. The van der Waals surface area contributed by atoms with Gasteiger partial charge in [-0.05, 0) is 35.4 Å². The third-order valence-electron chi connectivity index (χ3n) is 2.54. The molecule has 0 unspecified atom stereocenters. The van der Waals surface area contributed by atoms with Gasteiger partial charge in [0.15, 0.2) is 0 Å². The van der Waals surface area contributed by atoms with Crippen molar-refractivity contribution >= 4 is 32.9 Å². The predicted octanol–water partition coefficient (Wildman–Crippen LogP) is 2.11. The van der Waals surface area contributed by atoms with Crippen molar-refractivity contribution in [3.63, 3.8) is 0 Å². The van der Waals surface area contributed by atoms with E-state index in [0.717, 1.165) is 5.56 Å². The molecule has 0 aromatic carbocycles. The summed E-state index contributed by atoms with van der Waals surface area (Å²) in [6.45, 7) is 1.87. The Morgan fingerprint density at radius 2 is 2.12 bits per heavy atom. The van der Waals surface area contributed by atoms with Crippen LogP contribution in [0.4, 0.5) is 0 Å². The Kier molecular flexibility index (Phi) is 2.27. The number of fused-ring (bicyclic) bond motifs is 1. The van der Waals surface area contributed by atoms with Crippen molar-refractivity contribution in [2.45, 2.75) is 6.92 Å². The fraction of sp³-hybridized carbons (Fsp3) is 0.0909. The zero-order valence-corrected chi connectivity index (χ0v) is 10.5. The van der Waals surface area contributed by atoms with Crippen LogP contribution in [0.25, 0.3) is 15.2 Å². The molecular formula is C11H8N2O2S2. The molecule has 3 aromatic rings. The highest BCUT2D eigenvalue weighted by atomic mass is 32.1. The van der Waals surface area contributed by atoms with Crippen molar-refractivity contribution in [3.05, 3.63) is 49.3 Å². The summed E-state index contributed by atoms with van der Waals surface area (Å²) in [5, 5.41) is 4.96. The summed E-state index contributed by atoms with van der Waals surface area (Å²) in [5.74, 6) is 0. The second-order valence-electron chi connectivity index (χ2n) is 3.64. The molecule has 4 nitrogen and oxygen atoms in total. The van der Waals surface area contributed by atoms with Gasteiger partial charge < -0.3 is 0 Å². The van der Waals surface area contributed by atoms with Crippen molar-refractivity contribution in [1.29, 1.82) is 0 Å². The fourth-order valence-electron chi connectivity index (χ4n) is 1.76. The minimum Gasteiger partial charge on any atom is -0.298 e. The van der Waals surface area contributed by atoms with Crippen LogP contribution in [0.2, 0.25) is 0 Å². The van der Waals surface area contributed by atoms with Crippen LogP contribution in [0.1, 0.15) is 5.56 Å². The van der Waals surface area contributed by atoms with Crippen molar-refractivity contribution in [2.24, 2.45) is 0 Å². The number of aryl methyl sites for hydroxylation is 1. The Labute approximate surface area is 104 Å². The van der Waals surface area contributed by atoms with E-state index < -0.39 is 0 Å². The van der Waals surface area contributed by atoms with Crippen molar-refractivity contribution in [1.82, 2.24) is 9.55 Å². The van der Waals surface area contributed by atoms with Gasteiger partial charge in [0.05, 0.1) is 5.39 Å². The monoisotopic (exact) mass is 264 g/mol. The topological polar surface area (TPSA) is 54.9 Å². The third-order valence-corrected chi connectivity index (χ3v) is 4.41. The van der Waals surface area contributed by atoms with Gasteiger partial charge >= 0.3 is 5.69 Å². The van der Waals surface area contributed by atoms with Crippen LogP contribution >= 0.6 is 22.7 Å². The number of thiophene rings is 2. The maximum Gasteiger partial charge on any atom is 0.334 e. The molecule has 1 N–H and O–H groups in total. The average molecular weight is 264 g/mol. The number of aromatic nitrogens is 2. The third kappa shape index (κ3) is 1.49. The molecule has 17 heavy (non-hydrogen) atoms. The maximum absolute atomic E-state index is 12.3. The van der Waals surface area contributed by atoms with Gasteiger partial charge in [0.1, 0.15) is 9.83 Å². The minimum atomic E-state index is -0.383. The molecule has 0 aliphatic carbocycles. The zero-order valence-electron chi connectivity index (χ0n) is 8.89. The molecule has 0 amide bonds. The Balaban J connectivity index is 2.51. The van der Waals surface area contributed by atoms with Gasteiger partial charge in [-0.3, -0.25) is 9.78 Å². The van der Waals surface area contributed by atoms with Crippen LogP contribution in [0.15, 0.2) is 32.5 Å². The average Bonchev–Trinajstić information content (AvgIpc) is 2.89. The SMILES string of the molecule is Cc1csc2[nH]c(=O)n(-c3cccs3)c(=O)c12. The van der Waals surface area contributed by atoms with E-state index >= 15 is 0 Å². The number of H-pyrrole nitrogens is 1. The van der Waals surface area contributed by atoms with Gasteiger partial charge in [-0.15, -0.1) is 22.7 Å². The second-order valence-corrected chi connectivity index (χ2v) is 5.45. The molecule has 3 heterocycles. The Bertz CT molecular complexity index is 793. The lowest BCUT2D eigenvalue weighted by molar-refractivity contribution is 0.920. The van der Waals surface area contributed by atoms with Gasteiger partial charge in [-0.1, -0.05) is 0 Å². The highest BCUT2D eigenvalue weighted by molar-refractivity contribution is 7.16. The van der Waals surface area contributed by atoms with Crippen molar-refractivity contribution in [2.75, 3.05) is 0 Å². The first-order chi connectivity index (χ1) is 8.18. The van der Waals surface area contributed by atoms with Gasteiger partial charge in [0.2, 0.25) is 0 Å². The Morgan fingerprint density at radius 1 is 1.29 bits per heavy atom. The first-order valence-corrected chi connectivity index (χ1v) is 6.71. The fourth-order valence-corrected chi connectivity index (χ4v) is 3.41. The smallest absolute Gasteiger partial charge is 0.298 e. The van der Waals surface area contributed by atoms with E-state index in [2.05, 4.69) is 4.98 Å². The number of nitrogens with one attached hydrogen (secondary N) is 1. The first kappa shape index (κ1) is 10.5. The lowest BCUT2D eigenvalue weighted by atomic mass is 10.3. The number of rotatable bonds is 1. The summed E-state index contributed by atoms with van der Waals surface area (Å²) in [5.41, 5.74) is 0.272. The molecular weight excluding hydrogens is 256 g/mol.